The molecule has 0 spiro atoms. The molecule has 0 aliphatic carbocycles. The first-order chi connectivity index (χ1) is 8.90. The van der Waals surface area contributed by atoms with Gasteiger partial charge in [-0.1, -0.05) is 34.6 Å². The summed E-state index contributed by atoms with van der Waals surface area (Å²) in [6, 6.07) is 3.73. The molecule has 1 aromatic rings. The predicted octanol–water partition coefficient (Wildman–Crippen LogP) is 3.40. The van der Waals surface area contributed by atoms with Gasteiger partial charge in [-0.25, -0.2) is 0 Å². The minimum Gasteiger partial charge on any atom is -0.476 e. The lowest BCUT2D eigenvalue weighted by Gasteiger charge is -2.17. The quantitative estimate of drug-likeness (QED) is 0.793. The average Bonchev–Trinajstić information content (AvgIpc) is 2.35. The molecule has 1 heterocycles. The van der Waals surface area contributed by atoms with Gasteiger partial charge in [-0.2, -0.15) is 4.98 Å². The number of nitrogens with zero attached hydrogens (tertiary/aromatic N) is 1. The largest absolute Gasteiger partial charge is 0.476 e. The molecular weight excluding hydrogens is 238 g/mol. The fraction of sp³-hybridized carbons (Fsp3) is 0.667. The van der Waals surface area contributed by atoms with Crippen molar-refractivity contribution in [3.63, 3.8) is 0 Å². The molecule has 0 aliphatic rings. The third-order valence-corrected chi connectivity index (χ3v) is 3.19. The van der Waals surface area contributed by atoms with Crippen molar-refractivity contribution >= 4 is 11.5 Å². The number of hydrogen-bond acceptors (Lipinski definition) is 4. The number of ether oxygens (including phenoxy) is 1. The van der Waals surface area contributed by atoms with Crippen LogP contribution in [-0.2, 0) is 0 Å². The van der Waals surface area contributed by atoms with Gasteiger partial charge in [-0.3, -0.25) is 0 Å². The number of hydrogen-bond donors (Lipinski definition) is 2. The molecule has 0 saturated carbocycles. The Morgan fingerprint density at radius 3 is 2.47 bits per heavy atom. The molecule has 0 saturated heterocycles. The van der Waals surface area contributed by atoms with Gasteiger partial charge in [0.05, 0.1) is 12.3 Å². The van der Waals surface area contributed by atoms with Gasteiger partial charge in [0.15, 0.2) is 0 Å². The first-order valence-electron chi connectivity index (χ1n) is 7.03. The molecule has 4 nitrogen and oxygen atoms in total. The van der Waals surface area contributed by atoms with Crippen molar-refractivity contribution in [2.75, 3.05) is 24.2 Å². The number of nitrogens with two attached hydrogens (primary N) is 1. The number of pyridine rings is 1. The summed E-state index contributed by atoms with van der Waals surface area (Å²) in [5.74, 6) is 3.05. The summed E-state index contributed by atoms with van der Waals surface area (Å²) < 4.78 is 5.62. The van der Waals surface area contributed by atoms with Gasteiger partial charge < -0.3 is 15.8 Å². The van der Waals surface area contributed by atoms with Crippen LogP contribution in [0.4, 0.5) is 11.5 Å². The van der Waals surface area contributed by atoms with Crippen LogP contribution in [0.2, 0.25) is 0 Å². The zero-order chi connectivity index (χ0) is 14.4. The topological polar surface area (TPSA) is 60.2 Å². The lowest BCUT2D eigenvalue weighted by Crippen LogP contribution is -2.17. The normalized spacial score (nSPS) is 12.8. The monoisotopic (exact) mass is 265 g/mol. The molecule has 0 aliphatic heterocycles. The summed E-state index contributed by atoms with van der Waals surface area (Å²) in [7, 11) is 0. The zero-order valence-electron chi connectivity index (χ0n) is 12.7. The molecule has 1 rings (SSSR count). The van der Waals surface area contributed by atoms with Crippen molar-refractivity contribution in [1.29, 1.82) is 0 Å². The van der Waals surface area contributed by atoms with Crippen LogP contribution < -0.4 is 15.8 Å². The first kappa shape index (κ1) is 15.6. The molecule has 1 aromatic heterocycles. The molecule has 19 heavy (non-hydrogen) atoms. The van der Waals surface area contributed by atoms with Crippen molar-refractivity contribution in [3.05, 3.63) is 12.1 Å². The van der Waals surface area contributed by atoms with Crippen LogP contribution in [0.15, 0.2) is 12.1 Å². The van der Waals surface area contributed by atoms with Crippen molar-refractivity contribution < 1.29 is 4.74 Å². The highest BCUT2D eigenvalue weighted by Gasteiger charge is 2.09. The maximum atomic E-state index is 5.86. The van der Waals surface area contributed by atoms with Crippen LogP contribution in [0.1, 0.15) is 34.6 Å². The molecule has 0 fully saturated rings. The minimum atomic E-state index is 0.457. The van der Waals surface area contributed by atoms with Gasteiger partial charge in [0, 0.05) is 6.54 Å². The second kappa shape index (κ2) is 7.22. The molecule has 0 radical (unpaired) electrons. The van der Waals surface area contributed by atoms with Crippen LogP contribution in [-0.4, -0.2) is 18.1 Å². The first-order valence-corrected chi connectivity index (χ1v) is 7.03. The summed E-state index contributed by atoms with van der Waals surface area (Å²) in [5.41, 5.74) is 6.45. The number of nitrogens with one attached hydrogen (secondary N) is 1. The standard InChI is InChI=1S/C15H27N3O/c1-10(2)9-19-15-13(16)6-7-14(18-15)17-8-12(5)11(3)4/h6-7,10-12H,8-9,16H2,1-5H3,(H,17,18). The summed E-state index contributed by atoms with van der Waals surface area (Å²) in [6.45, 7) is 12.4. The number of aromatic nitrogens is 1. The van der Waals surface area contributed by atoms with Crippen molar-refractivity contribution in [1.82, 2.24) is 4.98 Å². The Kier molecular flexibility index (Phi) is 5.93. The van der Waals surface area contributed by atoms with E-state index in [1.165, 1.54) is 0 Å². The lowest BCUT2D eigenvalue weighted by molar-refractivity contribution is 0.263. The van der Waals surface area contributed by atoms with E-state index in [1.807, 2.05) is 12.1 Å². The number of rotatable bonds is 7. The SMILES string of the molecule is CC(C)COc1nc(NCC(C)C(C)C)ccc1N. The van der Waals surface area contributed by atoms with Gasteiger partial charge in [0.2, 0.25) is 5.88 Å². The van der Waals surface area contributed by atoms with E-state index in [0.29, 0.717) is 35.9 Å². The van der Waals surface area contributed by atoms with E-state index in [9.17, 15) is 0 Å². The van der Waals surface area contributed by atoms with Gasteiger partial charge in [0.25, 0.3) is 0 Å². The molecule has 1 unspecified atom stereocenters. The highest BCUT2D eigenvalue weighted by molar-refractivity contribution is 5.53. The van der Waals surface area contributed by atoms with Crippen molar-refractivity contribution in [2.24, 2.45) is 17.8 Å². The van der Waals surface area contributed by atoms with Crippen molar-refractivity contribution in [3.8, 4) is 5.88 Å². The van der Waals surface area contributed by atoms with Crippen LogP contribution >= 0.6 is 0 Å². The second-order valence-corrected chi connectivity index (χ2v) is 5.90. The summed E-state index contributed by atoms with van der Waals surface area (Å²) in [5, 5.41) is 3.33. The molecule has 0 aromatic carbocycles. The Balaban J connectivity index is 2.62. The minimum absolute atomic E-state index is 0.457. The molecule has 0 bridgehead atoms. The zero-order valence-corrected chi connectivity index (χ0v) is 12.7. The summed E-state index contributed by atoms with van der Waals surface area (Å²) >= 11 is 0. The fourth-order valence-corrected chi connectivity index (χ4v) is 1.41. The number of anilines is 2. The average molecular weight is 265 g/mol. The maximum absolute atomic E-state index is 5.86. The van der Waals surface area contributed by atoms with Gasteiger partial charge in [0.1, 0.15) is 5.82 Å². The summed E-state index contributed by atoms with van der Waals surface area (Å²) in [6.07, 6.45) is 0. The Bertz CT molecular complexity index is 391. The van der Waals surface area contributed by atoms with Crippen LogP contribution in [0, 0.1) is 17.8 Å². The van der Waals surface area contributed by atoms with E-state index in [1.54, 1.807) is 0 Å². The maximum Gasteiger partial charge on any atom is 0.239 e. The molecule has 0 amide bonds. The van der Waals surface area contributed by atoms with Gasteiger partial charge in [-0.15, -0.1) is 0 Å². The van der Waals surface area contributed by atoms with E-state index in [-0.39, 0.29) is 0 Å². The van der Waals surface area contributed by atoms with E-state index in [0.717, 1.165) is 12.4 Å². The van der Waals surface area contributed by atoms with Crippen LogP contribution in [0.3, 0.4) is 0 Å². The van der Waals surface area contributed by atoms with Gasteiger partial charge >= 0.3 is 0 Å². The third kappa shape index (κ3) is 5.37. The predicted molar refractivity (Wildman–Crippen MR) is 81.5 cm³/mol. The number of nitrogen functional groups attached to an aromatic ring is 1. The Morgan fingerprint density at radius 1 is 1.21 bits per heavy atom. The van der Waals surface area contributed by atoms with Gasteiger partial charge in [-0.05, 0) is 29.9 Å². The third-order valence-electron chi connectivity index (χ3n) is 3.19. The lowest BCUT2D eigenvalue weighted by atomic mass is 9.98. The van der Waals surface area contributed by atoms with E-state index >= 15 is 0 Å². The molecule has 4 heteroatoms. The van der Waals surface area contributed by atoms with E-state index in [2.05, 4.69) is 44.9 Å². The van der Waals surface area contributed by atoms with E-state index < -0.39 is 0 Å². The summed E-state index contributed by atoms with van der Waals surface area (Å²) in [4.78, 5) is 4.42. The Labute approximate surface area is 116 Å². The second-order valence-electron chi connectivity index (χ2n) is 5.90. The molecule has 108 valence electrons. The van der Waals surface area contributed by atoms with Crippen molar-refractivity contribution in [2.45, 2.75) is 34.6 Å². The Morgan fingerprint density at radius 2 is 1.89 bits per heavy atom. The smallest absolute Gasteiger partial charge is 0.239 e. The highest BCUT2D eigenvalue weighted by atomic mass is 16.5. The fourth-order valence-electron chi connectivity index (χ4n) is 1.41. The molecular formula is C15H27N3O. The highest BCUT2D eigenvalue weighted by Crippen LogP contribution is 2.22. The van der Waals surface area contributed by atoms with Crippen LogP contribution in [0.25, 0.3) is 0 Å². The molecule has 1 atom stereocenters. The van der Waals surface area contributed by atoms with Crippen LogP contribution in [0.5, 0.6) is 5.88 Å². The van der Waals surface area contributed by atoms with E-state index in [4.69, 9.17) is 10.5 Å². The molecule has 3 N–H and O–H groups in total. The Hall–Kier alpha value is -1.45.